The highest BCUT2D eigenvalue weighted by molar-refractivity contribution is 5.79. The topological polar surface area (TPSA) is 38.8 Å². The van der Waals surface area contributed by atoms with E-state index in [9.17, 15) is 4.79 Å². The first-order valence-corrected chi connectivity index (χ1v) is 6.83. The van der Waals surface area contributed by atoms with E-state index < -0.39 is 5.41 Å². The van der Waals surface area contributed by atoms with Gasteiger partial charge in [0.25, 0.3) is 0 Å². The van der Waals surface area contributed by atoms with Crippen LogP contribution in [0, 0.1) is 5.41 Å². The average Bonchev–Trinajstić information content (AvgIpc) is 2.61. The van der Waals surface area contributed by atoms with Gasteiger partial charge in [-0.3, -0.25) is 0 Å². The summed E-state index contributed by atoms with van der Waals surface area (Å²) in [6.07, 6.45) is 0. The second-order valence-electron chi connectivity index (χ2n) is 6.77. The highest BCUT2D eigenvalue weighted by Gasteiger charge is 2.54. The maximum Gasteiger partial charge on any atom is 0.332 e. The number of nitrogens with zero attached hydrogens (tertiary/aromatic N) is 1. The molecule has 1 aliphatic heterocycles. The largest absolute Gasteiger partial charge is 0.497 e. The van der Waals surface area contributed by atoms with Crippen LogP contribution in [-0.2, 0) is 9.63 Å². The Hall–Kier alpha value is -1.55. The summed E-state index contributed by atoms with van der Waals surface area (Å²) in [5.41, 5.74) is 0.215. The molecule has 0 aliphatic carbocycles. The molecule has 0 spiro atoms. The third-order valence-electron chi connectivity index (χ3n) is 3.72. The molecule has 4 nitrogen and oxygen atoms in total. The monoisotopic (exact) mass is 277 g/mol. The van der Waals surface area contributed by atoms with E-state index in [0.29, 0.717) is 0 Å². The number of methoxy groups -OCH3 is 1. The first kappa shape index (κ1) is 14.9. The SMILES string of the molecule is COc1ccc(C2N(C(C)(C)C)OC(=O)C2(C)C)cc1. The second kappa shape index (κ2) is 4.77. The second-order valence-corrected chi connectivity index (χ2v) is 6.77. The van der Waals surface area contributed by atoms with Crippen LogP contribution >= 0.6 is 0 Å². The van der Waals surface area contributed by atoms with Gasteiger partial charge in [-0.15, -0.1) is 5.06 Å². The minimum absolute atomic E-state index is 0.110. The van der Waals surface area contributed by atoms with Gasteiger partial charge in [0, 0.05) is 5.54 Å². The predicted octanol–water partition coefficient (Wildman–Crippen LogP) is 3.33. The van der Waals surface area contributed by atoms with Gasteiger partial charge < -0.3 is 9.57 Å². The zero-order chi connectivity index (χ0) is 15.1. The van der Waals surface area contributed by atoms with Crippen LogP contribution in [0.5, 0.6) is 5.75 Å². The Morgan fingerprint density at radius 3 is 2.20 bits per heavy atom. The van der Waals surface area contributed by atoms with Crippen LogP contribution < -0.4 is 4.74 Å². The molecule has 1 fully saturated rings. The molecule has 1 saturated heterocycles. The Labute approximate surface area is 120 Å². The first-order valence-electron chi connectivity index (χ1n) is 6.83. The maximum absolute atomic E-state index is 12.2. The molecule has 1 aliphatic rings. The number of hydroxylamine groups is 2. The van der Waals surface area contributed by atoms with E-state index in [1.165, 1.54) is 0 Å². The minimum Gasteiger partial charge on any atom is -0.497 e. The zero-order valence-corrected chi connectivity index (χ0v) is 13.1. The molecule has 2 rings (SSSR count). The third-order valence-corrected chi connectivity index (χ3v) is 3.72. The molecule has 0 aromatic heterocycles. The summed E-state index contributed by atoms with van der Waals surface area (Å²) in [4.78, 5) is 17.7. The van der Waals surface area contributed by atoms with Crippen molar-refractivity contribution in [2.24, 2.45) is 5.41 Å². The van der Waals surface area contributed by atoms with E-state index in [-0.39, 0.29) is 17.6 Å². The van der Waals surface area contributed by atoms with Gasteiger partial charge in [0.05, 0.1) is 18.6 Å². The van der Waals surface area contributed by atoms with Crippen LogP contribution in [-0.4, -0.2) is 23.7 Å². The lowest BCUT2D eigenvalue weighted by atomic mass is 9.80. The maximum atomic E-state index is 12.2. The predicted molar refractivity (Wildman–Crippen MR) is 77.2 cm³/mol. The molecule has 1 aromatic carbocycles. The molecule has 20 heavy (non-hydrogen) atoms. The van der Waals surface area contributed by atoms with Gasteiger partial charge in [-0.2, -0.15) is 0 Å². The van der Waals surface area contributed by atoms with Crippen molar-refractivity contribution in [1.82, 2.24) is 5.06 Å². The molecule has 1 unspecified atom stereocenters. The fourth-order valence-corrected chi connectivity index (χ4v) is 2.53. The van der Waals surface area contributed by atoms with Crippen molar-refractivity contribution >= 4 is 5.97 Å². The summed E-state index contributed by atoms with van der Waals surface area (Å²) in [7, 11) is 1.64. The number of hydrogen-bond acceptors (Lipinski definition) is 4. The molecular formula is C16H23NO3. The van der Waals surface area contributed by atoms with E-state index in [2.05, 4.69) is 0 Å². The zero-order valence-electron chi connectivity index (χ0n) is 13.1. The molecule has 1 heterocycles. The van der Waals surface area contributed by atoms with E-state index >= 15 is 0 Å². The lowest BCUT2D eigenvalue weighted by Gasteiger charge is -2.36. The fraction of sp³-hybridized carbons (Fsp3) is 0.562. The van der Waals surface area contributed by atoms with Crippen LogP contribution in [0.1, 0.15) is 46.2 Å². The van der Waals surface area contributed by atoms with Crippen molar-refractivity contribution in [3.63, 3.8) is 0 Å². The van der Waals surface area contributed by atoms with Gasteiger partial charge in [-0.1, -0.05) is 12.1 Å². The molecule has 1 aromatic rings. The Kier molecular flexibility index (Phi) is 3.54. The number of rotatable bonds is 2. The third kappa shape index (κ3) is 2.40. The average molecular weight is 277 g/mol. The number of carbonyl (C=O) groups is 1. The number of carbonyl (C=O) groups excluding carboxylic acids is 1. The highest BCUT2D eigenvalue weighted by atomic mass is 16.7. The van der Waals surface area contributed by atoms with Gasteiger partial charge >= 0.3 is 5.97 Å². The molecule has 0 saturated carbocycles. The van der Waals surface area contributed by atoms with Crippen LogP contribution in [0.15, 0.2) is 24.3 Å². The van der Waals surface area contributed by atoms with Crippen molar-refractivity contribution in [3.8, 4) is 5.75 Å². The van der Waals surface area contributed by atoms with Crippen LogP contribution in [0.25, 0.3) is 0 Å². The van der Waals surface area contributed by atoms with Crippen LogP contribution in [0.2, 0.25) is 0 Å². The number of hydrogen-bond donors (Lipinski definition) is 0. The van der Waals surface area contributed by atoms with Crippen LogP contribution in [0.4, 0.5) is 0 Å². The van der Waals surface area contributed by atoms with Crippen molar-refractivity contribution in [1.29, 1.82) is 0 Å². The quantitative estimate of drug-likeness (QED) is 0.831. The van der Waals surface area contributed by atoms with Gasteiger partial charge in [0.1, 0.15) is 5.75 Å². The number of ether oxygens (including phenoxy) is 1. The summed E-state index contributed by atoms with van der Waals surface area (Å²) in [5.74, 6) is 0.618. The molecule has 0 N–H and O–H groups in total. The molecule has 0 amide bonds. The Bertz CT molecular complexity index is 499. The molecule has 110 valence electrons. The van der Waals surface area contributed by atoms with E-state index in [1.54, 1.807) is 12.2 Å². The van der Waals surface area contributed by atoms with Gasteiger partial charge in [-0.05, 0) is 52.3 Å². The lowest BCUT2D eigenvalue weighted by Crippen LogP contribution is -2.41. The molecular weight excluding hydrogens is 254 g/mol. The van der Waals surface area contributed by atoms with Gasteiger partial charge in [-0.25, -0.2) is 4.79 Å². The molecule has 1 atom stereocenters. The standard InChI is InChI=1S/C16H23NO3/c1-15(2,3)17-13(16(4,5)14(18)20-17)11-7-9-12(19-6)10-8-11/h7-10,13H,1-6H3. The fourth-order valence-electron chi connectivity index (χ4n) is 2.53. The summed E-state index contributed by atoms with van der Waals surface area (Å²) < 4.78 is 5.19. The highest BCUT2D eigenvalue weighted by Crippen LogP contribution is 2.48. The summed E-state index contributed by atoms with van der Waals surface area (Å²) in [6.45, 7) is 9.97. The Morgan fingerprint density at radius 1 is 1.20 bits per heavy atom. The van der Waals surface area contributed by atoms with Crippen molar-refractivity contribution in [2.45, 2.75) is 46.2 Å². The van der Waals surface area contributed by atoms with Gasteiger partial charge in [0.15, 0.2) is 0 Å². The summed E-state index contributed by atoms with van der Waals surface area (Å²) in [5, 5.41) is 1.80. The van der Waals surface area contributed by atoms with Crippen molar-refractivity contribution in [2.75, 3.05) is 7.11 Å². The van der Waals surface area contributed by atoms with Gasteiger partial charge in [0.2, 0.25) is 0 Å². The summed E-state index contributed by atoms with van der Waals surface area (Å²) >= 11 is 0. The summed E-state index contributed by atoms with van der Waals surface area (Å²) in [6, 6.07) is 7.70. The number of benzene rings is 1. The van der Waals surface area contributed by atoms with Crippen molar-refractivity contribution in [3.05, 3.63) is 29.8 Å². The Morgan fingerprint density at radius 2 is 1.75 bits per heavy atom. The Balaban J connectivity index is 2.45. The normalized spacial score (nSPS) is 22.7. The molecule has 0 bridgehead atoms. The molecule has 4 heteroatoms. The minimum atomic E-state index is -0.581. The smallest absolute Gasteiger partial charge is 0.332 e. The van der Waals surface area contributed by atoms with E-state index in [4.69, 9.17) is 9.57 Å². The lowest BCUT2D eigenvalue weighted by molar-refractivity contribution is -0.200. The van der Waals surface area contributed by atoms with Crippen molar-refractivity contribution < 1.29 is 14.4 Å². The molecule has 0 radical (unpaired) electrons. The first-order chi connectivity index (χ1) is 9.17. The van der Waals surface area contributed by atoms with Crippen LogP contribution in [0.3, 0.4) is 0 Å². The van der Waals surface area contributed by atoms with E-state index in [1.807, 2.05) is 58.9 Å². The van der Waals surface area contributed by atoms with E-state index in [0.717, 1.165) is 11.3 Å².